The van der Waals surface area contributed by atoms with E-state index in [2.05, 4.69) is 0 Å². The number of nitrogens with zero attached hydrogens (tertiary/aromatic N) is 2. The molecule has 0 aliphatic carbocycles. The molecule has 2 aliphatic rings. The molecule has 0 bridgehead atoms. The number of rotatable bonds is 2. The highest BCUT2D eigenvalue weighted by Gasteiger charge is 2.40. The summed E-state index contributed by atoms with van der Waals surface area (Å²) >= 11 is 1.56. The molecule has 2 saturated heterocycles. The molecule has 2 amide bonds. The zero-order valence-corrected chi connectivity index (χ0v) is 11.8. The van der Waals surface area contributed by atoms with Crippen LogP contribution in [-0.4, -0.2) is 75.3 Å². The number of aliphatic hydroxyl groups is 1. The van der Waals surface area contributed by atoms with Gasteiger partial charge in [0.1, 0.15) is 6.04 Å². The lowest BCUT2D eigenvalue weighted by atomic mass is 10.0. The molecule has 2 rings (SSSR count). The van der Waals surface area contributed by atoms with Gasteiger partial charge < -0.3 is 20.0 Å². The smallest absolute Gasteiger partial charge is 0.327 e. The number of aliphatic hydroxyl groups excluding tert-OH is 1. The molecule has 2 N–H and O–H groups in total. The number of aliphatic carboxylic acids is 1. The summed E-state index contributed by atoms with van der Waals surface area (Å²) in [5.41, 5.74) is 0. The molecule has 3 atom stereocenters. The molecule has 6 nitrogen and oxygen atoms in total. The van der Waals surface area contributed by atoms with Crippen LogP contribution >= 0.6 is 11.8 Å². The predicted octanol–water partition coefficient (Wildman–Crippen LogP) is 0.311. The van der Waals surface area contributed by atoms with Gasteiger partial charge in [-0.25, -0.2) is 9.59 Å². The fourth-order valence-corrected chi connectivity index (χ4v) is 3.76. The predicted molar refractivity (Wildman–Crippen MR) is 72.2 cm³/mol. The summed E-state index contributed by atoms with van der Waals surface area (Å²) in [5, 5.41) is 18.6. The topological polar surface area (TPSA) is 81.1 Å². The van der Waals surface area contributed by atoms with E-state index in [4.69, 9.17) is 0 Å². The second-order valence-electron chi connectivity index (χ2n) is 5.11. The molecule has 2 heterocycles. The first-order chi connectivity index (χ1) is 9.06. The molecule has 0 spiro atoms. The van der Waals surface area contributed by atoms with Crippen molar-refractivity contribution in [3.8, 4) is 0 Å². The van der Waals surface area contributed by atoms with Gasteiger partial charge in [0.15, 0.2) is 0 Å². The Morgan fingerprint density at radius 3 is 2.68 bits per heavy atom. The molecule has 0 aromatic rings. The highest BCUT2D eigenvalue weighted by Crippen LogP contribution is 2.27. The van der Waals surface area contributed by atoms with Crippen LogP contribution in [0.5, 0.6) is 0 Å². The largest absolute Gasteiger partial charge is 0.480 e. The zero-order valence-electron chi connectivity index (χ0n) is 11.0. The van der Waals surface area contributed by atoms with Gasteiger partial charge in [-0.3, -0.25) is 0 Å². The van der Waals surface area contributed by atoms with Crippen molar-refractivity contribution in [1.82, 2.24) is 9.80 Å². The lowest BCUT2D eigenvalue weighted by Gasteiger charge is -2.37. The number of carboxylic acids is 1. The van der Waals surface area contributed by atoms with E-state index in [0.717, 1.165) is 12.2 Å². The Bertz CT molecular complexity index is 366. The number of amides is 2. The van der Waals surface area contributed by atoms with Crippen LogP contribution in [0.4, 0.5) is 4.79 Å². The summed E-state index contributed by atoms with van der Waals surface area (Å²) in [6, 6.07) is -1.17. The second-order valence-corrected chi connectivity index (χ2v) is 6.26. The molecule has 2 fully saturated rings. The third-order valence-electron chi connectivity index (χ3n) is 3.97. The number of urea groups is 1. The maximum Gasteiger partial charge on any atom is 0.327 e. The van der Waals surface area contributed by atoms with Crippen LogP contribution in [0.3, 0.4) is 0 Å². The van der Waals surface area contributed by atoms with E-state index in [9.17, 15) is 19.8 Å². The van der Waals surface area contributed by atoms with Gasteiger partial charge in [0, 0.05) is 24.6 Å². The standard InChI is InChI=1S/C12H20N2O4S/c1-8-2-3-13(9(8)6-15)12(18)14-4-5-19-7-10(14)11(16)17/h8-10,15H,2-7H2,1H3,(H,16,17). The number of thioether (sulfide) groups is 1. The van der Waals surface area contributed by atoms with Crippen LogP contribution in [0.2, 0.25) is 0 Å². The van der Waals surface area contributed by atoms with Gasteiger partial charge in [0.05, 0.1) is 12.6 Å². The fraction of sp³-hybridized carbons (Fsp3) is 0.833. The number of carbonyl (C=O) groups excluding carboxylic acids is 1. The Labute approximate surface area is 116 Å². The molecule has 7 heteroatoms. The van der Waals surface area contributed by atoms with E-state index in [1.807, 2.05) is 6.92 Å². The summed E-state index contributed by atoms with van der Waals surface area (Å²) in [4.78, 5) is 26.8. The van der Waals surface area contributed by atoms with Gasteiger partial charge in [0.25, 0.3) is 0 Å². The Balaban J connectivity index is 2.11. The molecule has 2 aliphatic heterocycles. The highest BCUT2D eigenvalue weighted by atomic mass is 32.2. The summed E-state index contributed by atoms with van der Waals surface area (Å²) in [7, 11) is 0. The van der Waals surface area contributed by atoms with Crippen molar-refractivity contribution in [3.63, 3.8) is 0 Å². The molecule has 19 heavy (non-hydrogen) atoms. The minimum Gasteiger partial charge on any atom is -0.480 e. The lowest BCUT2D eigenvalue weighted by molar-refractivity contribution is -0.141. The van der Waals surface area contributed by atoms with Crippen molar-refractivity contribution in [2.24, 2.45) is 5.92 Å². The molecule has 0 aromatic carbocycles. The molecule has 0 radical (unpaired) electrons. The van der Waals surface area contributed by atoms with E-state index in [1.54, 1.807) is 16.7 Å². The minimum atomic E-state index is -0.951. The quantitative estimate of drug-likeness (QED) is 0.764. The normalized spacial score (nSPS) is 31.6. The van der Waals surface area contributed by atoms with Crippen molar-refractivity contribution >= 4 is 23.8 Å². The number of hydrogen-bond acceptors (Lipinski definition) is 4. The fourth-order valence-electron chi connectivity index (χ4n) is 2.73. The van der Waals surface area contributed by atoms with Crippen LogP contribution in [0, 0.1) is 5.92 Å². The number of hydrogen-bond donors (Lipinski definition) is 2. The van der Waals surface area contributed by atoms with Gasteiger partial charge in [-0.05, 0) is 12.3 Å². The summed E-state index contributed by atoms with van der Waals surface area (Å²) < 4.78 is 0. The molecule has 0 aromatic heterocycles. The van der Waals surface area contributed by atoms with Gasteiger partial charge in [-0.1, -0.05) is 6.92 Å². The maximum absolute atomic E-state index is 12.5. The number of carboxylic acid groups (broad SMARTS) is 1. The third-order valence-corrected chi connectivity index (χ3v) is 5.00. The van der Waals surface area contributed by atoms with Crippen LogP contribution in [0.25, 0.3) is 0 Å². The van der Waals surface area contributed by atoms with Gasteiger partial charge in [0.2, 0.25) is 0 Å². The van der Waals surface area contributed by atoms with Gasteiger partial charge >= 0.3 is 12.0 Å². The number of likely N-dealkylation sites (tertiary alicyclic amines) is 1. The molecular weight excluding hydrogens is 268 g/mol. The Morgan fingerprint density at radius 2 is 2.05 bits per heavy atom. The summed E-state index contributed by atoms with van der Waals surface area (Å²) in [5.74, 6) is 0.515. The Kier molecular flexibility index (Phi) is 4.57. The van der Waals surface area contributed by atoms with Crippen molar-refractivity contribution in [1.29, 1.82) is 0 Å². The monoisotopic (exact) mass is 288 g/mol. The van der Waals surface area contributed by atoms with Gasteiger partial charge in [-0.2, -0.15) is 11.8 Å². The Hall–Kier alpha value is -0.950. The number of carbonyl (C=O) groups is 2. The zero-order chi connectivity index (χ0) is 14.0. The van der Waals surface area contributed by atoms with E-state index in [-0.39, 0.29) is 24.6 Å². The molecule has 108 valence electrons. The van der Waals surface area contributed by atoms with E-state index in [0.29, 0.717) is 18.8 Å². The first-order valence-electron chi connectivity index (χ1n) is 6.55. The van der Waals surface area contributed by atoms with Crippen LogP contribution in [-0.2, 0) is 4.79 Å². The molecular formula is C12H20N2O4S. The van der Waals surface area contributed by atoms with Crippen molar-refractivity contribution in [2.45, 2.75) is 25.4 Å². The molecule has 3 unspecified atom stereocenters. The van der Waals surface area contributed by atoms with Crippen molar-refractivity contribution in [2.75, 3.05) is 31.2 Å². The van der Waals surface area contributed by atoms with Crippen LogP contribution in [0.1, 0.15) is 13.3 Å². The van der Waals surface area contributed by atoms with Gasteiger partial charge in [-0.15, -0.1) is 0 Å². The minimum absolute atomic E-state index is 0.0623. The average molecular weight is 288 g/mol. The Morgan fingerprint density at radius 1 is 1.32 bits per heavy atom. The van der Waals surface area contributed by atoms with Crippen LogP contribution < -0.4 is 0 Å². The van der Waals surface area contributed by atoms with E-state index < -0.39 is 12.0 Å². The first-order valence-corrected chi connectivity index (χ1v) is 7.70. The van der Waals surface area contributed by atoms with E-state index in [1.165, 1.54) is 4.90 Å². The lowest BCUT2D eigenvalue weighted by Crippen LogP contribution is -2.56. The van der Waals surface area contributed by atoms with Crippen LogP contribution in [0.15, 0.2) is 0 Å². The first kappa shape index (κ1) is 14.5. The summed E-state index contributed by atoms with van der Waals surface area (Å²) in [6.07, 6.45) is 0.858. The molecule has 0 saturated carbocycles. The maximum atomic E-state index is 12.5. The third kappa shape index (κ3) is 2.81. The van der Waals surface area contributed by atoms with Crippen molar-refractivity contribution in [3.05, 3.63) is 0 Å². The SMILES string of the molecule is CC1CCN(C(=O)N2CCSCC2C(=O)O)C1CO. The van der Waals surface area contributed by atoms with Crippen molar-refractivity contribution < 1.29 is 19.8 Å². The summed E-state index contributed by atoms with van der Waals surface area (Å²) in [6.45, 7) is 3.01. The highest BCUT2D eigenvalue weighted by molar-refractivity contribution is 7.99. The average Bonchev–Trinajstić information content (AvgIpc) is 2.78. The second kappa shape index (κ2) is 6.00. The van der Waals surface area contributed by atoms with E-state index >= 15 is 0 Å².